The number of alkyl halides is 3. The van der Waals surface area contributed by atoms with Crippen molar-refractivity contribution in [1.82, 2.24) is 0 Å². The second-order valence-corrected chi connectivity index (χ2v) is 8.39. The maximum absolute atomic E-state index is 13.4. The molecule has 0 saturated carbocycles. The van der Waals surface area contributed by atoms with Gasteiger partial charge in [-0.3, -0.25) is 9.59 Å². The Hall–Kier alpha value is -3.03. The first kappa shape index (κ1) is 25.2. The molecule has 0 heterocycles. The van der Waals surface area contributed by atoms with E-state index in [2.05, 4.69) is 0 Å². The van der Waals surface area contributed by atoms with E-state index in [1.165, 1.54) is 6.07 Å². The third-order valence-electron chi connectivity index (χ3n) is 4.53. The van der Waals surface area contributed by atoms with Crippen LogP contribution in [0.5, 0.6) is 5.75 Å². The summed E-state index contributed by atoms with van der Waals surface area (Å²) >= 11 is 0. The van der Waals surface area contributed by atoms with E-state index in [9.17, 15) is 22.8 Å². The lowest BCUT2D eigenvalue weighted by Crippen LogP contribution is -2.27. The van der Waals surface area contributed by atoms with E-state index in [1.807, 2.05) is 12.1 Å². The minimum absolute atomic E-state index is 0.0679. The van der Waals surface area contributed by atoms with Crippen LogP contribution in [0, 0.1) is 0 Å². The fourth-order valence-electron chi connectivity index (χ4n) is 3.11. The molecule has 2 aromatic carbocycles. The molecule has 0 amide bonds. The molecule has 0 radical (unpaired) electrons. The van der Waals surface area contributed by atoms with Gasteiger partial charge in [-0.05, 0) is 63.1 Å². The second kappa shape index (κ2) is 10.5. The van der Waals surface area contributed by atoms with Gasteiger partial charge in [-0.2, -0.15) is 13.2 Å². The number of ether oxygens (including phenoxy) is 2. The number of nitrogens with zero attached hydrogens (tertiary/aromatic N) is 1. The summed E-state index contributed by atoms with van der Waals surface area (Å²) in [5.74, 6) is 0.284. The molecule has 174 valence electrons. The van der Waals surface area contributed by atoms with E-state index >= 15 is 0 Å². The summed E-state index contributed by atoms with van der Waals surface area (Å²) in [6.07, 6.45) is -3.70. The van der Waals surface area contributed by atoms with Gasteiger partial charge in [0, 0.05) is 30.8 Å². The van der Waals surface area contributed by atoms with Gasteiger partial charge in [-0.25, -0.2) is 0 Å². The Labute approximate surface area is 186 Å². The maximum atomic E-state index is 13.4. The highest BCUT2D eigenvalue weighted by Gasteiger charge is 2.31. The number of carbonyl (C=O) groups is 2. The average molecular weight is 451 g/mol. The average Bonchev–Trinajstić information content (AvgIpc) is 2.71. The molecule has 0 fully saturated rings. The molecule has 0 spiro atoms. The molecular formula is C24H28F3NO4. The molecule has 2 aromatic rings. The van der Waals surface area contributed by atoms with Gasteiger partial charge in [-0.15, -0.1) is 0 Å². The highest BCUT2D eigenvalue weighted by molar-refractivity contribution is 5.78. The number of rotatable bonds is 9. The van der Waals surface area contributed by atoms with Gasteiger partial charge in [0.25, 0.3) is 0 Å². The quantitative estimate of drug-likeness (QED) is 0.364. The molecule has 0 N–H and O–H groups in total. The van der Waals surface area contributed by atoms with Crippen molar-refractivity contribution in [1.29, 1.82) is 0 Å². The number of carbonyl (C=O) groups excluding carboxylic acids is 2. The minimum atomic E-state index is -4.59. The van der Waals surface area contributed by atoms with E-state index < -0.39 is 17.3 Å². The largest absolute Gasteiger partial charge is 0.497 e. The van der Waals surface area contributed by atoms with Gasteiger partial charge in [-0.1, -0.05) is 12.1 Å². The van der Waals surface area contributed by atoms with Crippen LogP contribution in [0.2, 0.25) is 0 Å². The van der Waals surface area contributed by atoms with E-state index in [0.29, 0.717) is 25.0 Å². The van der Waals surface area contributed by atoms with Crippen molar-refractivity contribution in [2.24, 2.45) is 0 Å². The Morgan fingerprint density at radius 2 is 1.72 bits per heavy atom. The van der Waals surface area contributed by atoms with Crippen molar-refractivity contribution in [3.8, 4) is 5.75 Å². The summed E-state index contributed by atoms with van der Waals surface area (Å²) < 4.78 is 50.5. The predicted molar refractivity (Wildman–Crippen MR) is 116 cm³/mol. The third-order valence-corrected chi connectivity index (χ3v) is 4.53. The van der Waals surface area contributed by atoms with E-state index in [0.717, 1.165) is 17.7 Å². The lowest BCUT2D eigenvalue weighted by Gasteiger charge is -2.27. The van der Waals surface area contributed by atoms with Gasteiger partial charge in [0.2, 0.25) is 0 Å². The molecule has 0 aliphatic carbocycles. The first-order valence-electron chi connectivity index (χ1n) is 10.2. The van der Waals surface area contributed by atoms with Crippen LogP contribution in [-0.2, 0) is 22.3 Å². The summed E-state index contributed by atoms with van der Waals surface area (Å²) in [7, 11) is 1.54. The van der Waals surface area contributed by atoms with Crippen LogP contribution < -0.4 is 9.64 Å². The highest BCUT2D eigenvalue weighted by Crippen LogP contribution is 2.33. The van der Waals surface area contributed by atoms with Crippen LogP contribution in [-0.4, -0.2) is 31.5 Å². The highest BCUT2D eigenvalue weighted by atomic mass is 19.4. The van der Waals surface area contributed by atoms with Crippen LogP contribution in [0.1, 0.15) is 55.1 Å². The predicted octanol–water partition coefficient (Wildman–Crippen LogP) is 5.66. The lowest BCUT2D eigenvalue weighted by molar-refractivity contribution is -0.154. The number of esters is 1. The number of hydrogen-bond donors (Lipinski definition) is 0. The molecule has 32 heavy (non-hydrogen) atoms. The topological polar surface area (TPSA) is 55.8 Å². The van der Waals surface area contributed by atoms with Gasteiger partial charge in [0.1, 0.15) is 17.6 Å². The van der Waals surface area contributed by atoms with E-state index in [4.69, 9.17) is 9.47 Å². The number of anilines is 1. The molecular weight excluding hydrogens is 423 g/mol. The fraction of sp³-hybridized carbons (Fsp3) is 0.417. The summed E-state index contributed by atoms with van der Waals surface area (Å²) in [5, 5.41) is 0. The van der Waals surface area contributed by atoms with Gasteiger partial charge >= 0.3 is 12.1 Å². The summed E-state index contributed by atoms with van der Waals surface area (Å²) in [5.41, 5.74) is -0.486. The van der Waals surface area contributed by atoms with Crippen molar-refractivity contribution < 1.29 is 32.2 Å². The molecule has 0 aliphatic heterocycles. The van der Waals surface area contributed by atoms with Gasteiger partial charge in [0.05, 0.1) is 12.7 Å². The molecule has 0 saturated heterocycles. The van der Waals surface area contributed by atoms with Crippen LogP contribution in [0.4, 0.5) is 18.9 Å². The smallest absolute Gasteiger partial charge is 0.416 e. The Morgan fingerprint density at radius 3 is 2.25 bits per heavy atom. The Morgan fingerprint density at radius 1 is 1.06 bits per heavy atom. The van der Waals surface area contributed by atoms with Crippen LogP contribution >= 0.6 is 0 Å². The molecule has 0 atom stereocenters. The zero-order valence-electron chi connectivity index (χ0n) is 18.7. The summed E-state index contributed by atoms with van der Waals surface area (Å²) in [6.45, 7) is 5.89. The Kier molecular flexibility index (Phi) is 8.30. The van der Waals surface area contributed by atoms with Gasteiger partial charge < -0.3 is 14.4 Å². The molecule has 8 heteroatoms. The monoisotopic (exact) mass is 451 g/mol. The summed E-state index contributed by atoms with van der Waals surface area (Å²) in [4.78, 5) is 25.0. The molecule has 5 nitrogen and oxygen atoms in total. The SMILES string of the molecule is COc1ccc(CN(CCCC(=O)OC(C)(C)C)c2cc(C=O)cc(C(F)(F)F)c2)cc1. The van der Waals surface area contributed by atoms with Crippen molar-refractivity contribution in [3.63, 3.8) is 0 Å². The van der Waals surface area contributed by atoms with Crippen LogP contribution in [0.15, 0.2) is 42.5 Å². The number of methoxy groups -OCH3 is 1. The Bertz CT molecular complexity index is 918. The standard InChI is InChI=1S/C24H28F3NO4/c1-23(2,3)32-22(30)6-5-11-28(15-17-7-9-21(31-4)10-8-17)20-13-18(16-29)12-19(14-20)24(25,26)27/h7-10,12-14,16H,5-6,11,15H2,1-4H3. The van der Waals surface area contributed by atoms with Crippen molar-refractivity contribution in [2.45, 2.75) is 51.9 Å². The van der Waals surface area contributed by atoms with Crippen molar-refractivity contribution >= 4 is 17.9 Å². The van der Waals surface area contributed by atoms with Crippen molar-refractivity contribution in [3.05, 3.63) is 59.2 Å². The Balaban J connectivity index is 2.28. The molecule has 2 rings (SSSR count). The molecule has 0 aliphatic rings. The van der Waals surface area contributed by atoms with Crippen LogP contribution in [0.25, 0.3) is 0 Å². The molecule has 0 bridgehead atoms. The zero-order chi connectivity index (χ0) is 23.9. The van der Waals surface area contributed by atoms with Crippen molar-refractivity contribution in [2.75, 3.05) is 18.6 Å². The molecule has 0 unspecified atom stereocenters. The zero-order valence-corrected chi connectivity index (χ0v) is 18.7. The molecule has 0 aromatic heterocycles. The van der Waals surface area contributed by atoms with E-state index in [1.54, 1.807) is 44.9 Å². The summed E-state index contributed by atoms with van der Waals surface area (Å²) in [6, 6.07) is 10.4. The van der Waals surface area contributed by atoms with Gasteiger partial charge in [0.15, 0.2) is 0 Å². The van der Waals surface area contributed by atoms with Crippen LogP contribution in [0.3, 0.4) is 0 Å². The van der Waals surface area contributed by atoms with E-state index in [-0.39, 0.29) is 30.2 Å². The number of hydrogen-bond acceptors (Lipinski definition) is 5. The number of halogens is 3. The first-order chi connectivity index (χ1) is 14.9. The fourth-order valence-corrected chi connectivity index (χ4v) is 3.11. The maximum Gasteiger partial charge on any atom is 0.416 e. The third kappa shape index (κ3) is 7.90. The normalized spacial score (nSPS) is 11.7. The lowest BCUT2D eigenvalue weighted by atomic mass is 10.1. The number of aldehydes is 1. The number of benzene rings is 2. The first-order valence-corrected chi connectivity index (χ1v) is 10.2. The second-order valence-electron chi connectivity index (χ2n) is 8.39. The minimum Gasteiger partial charge on any atom is -0.497 e.